The lowest BCUT2D eigenvalue weighted by Gasteiger charge is -2.16. The topological polar surface area (TPSA) is 41.5 Å². The van der Waals surface area contributed by atoms with Gasteiger partial charge in [0.2, 0.25) is 0 Å². The van der Waals surface area contributed by atoms with E-state index in [1.807, 2.05) is 6.92 Å². The predicted molar refractivity (Wildman–Crippen MR) is 52.7 cm³/mol. The molecule has 3 atom stereocenters. The summed E-state index contributed by atoms with van der Waals surface area (Å²) in [6, 6.07) is 0.538. The Morgan fingerprint density at radius 2 is 2.31 bits per heavy atom. The molecule has 1 saturated heterocycles. The molecule has 0 radical (unpaired) electrons. The maximum Gasteiger partial charge on any atom is 0.0620 e. The van der Waals surface area contributed by atoms with Gasteiger partial charge in [0, 0.05) is 12.6 Å². The first kappa shape index (κ1) is 11.0. The molecule has 0 aromatic heterocycles. The van der Waals surface area contributed by atoms with Crippen LogP contribution >= 0.6 is 0 Å². The van der Waals surface area contributed by atoms with Gasteiger partial charge < -0.3 is 15.2 Å². The number of aliphatic hydroxyl groups is 1. The van der Waals surface area contributed by atoms with Crippen molar-refractivity contribution in [3.05, 3.63) is 0 Å². The standard InChI is InChI=1S/C10H21NO2/c1-8(5-9(2)12)6-11-10-3-4-13-7-10/h8-12H,3-7H2,1-2H3. The number of hydrogen-bond acceptors (Lipinski definition) is 3. The number of aliphatic hydroxyl groups excluding tert-OH is 1. The molecule has 1 heterocycles. The van der Waals surface area contributed by atoms with Gasteiger partial charge in [-0.25, -0.2) is 0 Å². The van der Waals surface area contributed by atoms with E-state index >= 15 is 0 Å². The van der Waals surface area contributed by atoms with Crippen molar-refractivity contribution in [3.8, 4) is 0 Å². The second-order valence-electron chi connectivity index (χ2n) is 4.16. The van der Waals surface area contributed by atoms with E-state index in [4.69, 9.17) is 9.84 Å². The number of rotatable bonds is 5. The minimum atomic E-state index is -0.184. The van der Waals surface area contributed by atoms with E-state index in [2.05, 4.69) is 12.2 Å². The minimum absolute atomic E-state index is 0.184. The van der Waals surface area contributed by atoms with Gasteiger partial charge in [0.1, 0.15) is 0 Å². The van der Waals surface area contributed by atoms with E-state index in [0.717, 1.165) is 32.6 Å². The smallest absolute Gasteiger partial charge is 0.0620 e. The second-order valence-corrected chi connectivity index (χ2v) is 4.16. The first-order chi connectivity index (χ1) is 6.18. The van der Waals surface area contributed by atoms with Crippen LogP contribution in [0.1, 0.15) is 26.7 Å². The van der Waals surface area contributed by atoms with Crippen molar-refractivity contribution in [2.24, 2.45) is 5.92 Å². The van der Waals surface area contributed by atoms with E-state index in [1.165, 1.54) is 0 Å². The van der Waals surface area contributed by atoms with Crippen LogP contribution in [0.15, 0.2) is 0 Å². The fourth-order valence-corrected chi connectivity index (χ4v) is 1.73. The molecule has 1 aliphatic heterocycles. The Morgan fingerprint density at radius 1 is 1.54 bits per heavy atom. The van der Waals surface area contributed by atoms with Gasteiger partial charge in [0.15, 0.2) is 0 Å². The summed E-state index contributed by atoms with van der Waals surface area (Å²) >= 11 is 0. The Morgan fingerprint density at radius 3 is 2.85 bits per heavy atom. The Hall–Kier alpha value is -0.120. The van der Waals surface area contributed by atoms with E-state index in [1.54, 1.807) is 0 Å². The lowest BCUT2D eigenvalue weighted by atomic mass is 10.0. The van der Waals surface area contributed by atoms with E-state index < -0.39 is 0 Å². The Balaban J connectivity index is 2.03. The molecular formula is C10H21NO2. The van der Waals surface area contributed by atoms with Crippen molar-refractivity contribution in [2.75, 3.05) is 19.8 Å². The maximum atomic E-state index is 9.16. The fourth-order valence-electron chi connectivity index (χ4n) is 1.73. The minimum Gasteiger partial charge on any atom is -0.393 e. The molecule has 3 unspecified atom stereocenters. The van der Waals surface area contributed by atoms with Crippen LogP contribution in [0.5, 0.6) is 0 Å². The van der Waals surface area contributed by atoms with Gasteiger partial charge in [-0.1, -0.05) is 6.92 Å². The molecule has 3 nitrogen and oxygen atoms in total. The predicted octanol–water partition coefficient (Wildman–Crippen LogP) is 0.772. The summed E-state index contributed by atoms with van der Waals surface area (Å²) in [5, 5.41) is 12.6. The Kier molecular flexibility index (Phi) is 4.70. The summed E-state index contributed by atoms with van der Waals surface area (Å²) in [6.45, 7) is 6.73. The number of nitrogens with one attached hydrogen (secondary N) is 1. The van der Waals surface area contributed by atoms with Gasteiger partial charge in [-0.05, 0) is 32.2 Å². The molecule has 13 heavy (non-hydrogen) atoms. The molecule has 1 rings (SSSR count). The maximum absolute atomic E-state index is 9.16. The fraction of sp³-hybridized carbons (Fsp3) is 1.00. The van der Waals surface area contributed by atoms with Crippen LogP contribution in [0.4, 0.5) is 0 Å². The lowest BCUT2D eigenvalue weighted by molar-refractivity contribution is 0.160. The van der Waals surface area contributed by atoms with Crippen LogP contribution in [-0.2, 0) is 4.74 Å². The second kappa shape index (κ2) is 5.58. The first-order valence-electron chi connectivity index (χ1n) is 5.17. The third-order valence-electron chi connectivity index (χ3n) is 2.43. The van der Waals surface area contributed by atoms with Crippen LogP contribution in [0, 0.1) is 5.92 Å². The van der Waals surface area contributed by atoms with Crippen LogP contribution in [-0.4, -0.2) is 37.0 Å². The molecule has 1 fully saturated rings. The van der Waals surface area contributed by atoms with Crippen molar-refractivity contribution in [1.82, 2.24) is 5.32 Å². The summed E-state index contributed by atoms with van der Waals surface area (Å²) in [6.07, 6.45) is 1.82. The molecule has 0 spiro atoms. The van der Waals surface area contributed by atoms with E-state index in [9.17, 15) is 0 Å². The van der Waals surface area contributed by atoms with Crippen molar-refractivity contribution < 1.29 is 9.84 Å². The molecule has 3 heteroatoms. The summed E-state index contributed by atoms with van der Waals surface area (Å²) in [5.74, 6) is 0.542. The molecular weight excluding hydrogens is 166 g/mol. The summed E-state index contributed by atoms with van der Waals surface area (Å²) in [7, 11) is 0. The zero-order chi connectivity index (χ0) is 9.68. The molecule has 2 N–H and O–H groups in total. The molecule has 78 valence electrons. The lowest BCUT2D eigenvalue weighted by Crippen LogP contribution is -2.33. The molecule has 0 saturated carbocycles. The number of ether oxygens (including phenoxy) is 1. The largest absolute Gasteiger partial charge is 0.393 e. The van der Waals surface area contributed by atoms with Crippen molar-refractivity contribution >= 4 is 0 Å². The molecule has 1 aliphatic rings. The Bertz CT molecular complexity index is 133. The van der Waals surface area contributed by atoms with Gasteiger partial charge in [-0.3, -0.25) is 0 Å². The zero-order valence-corrected chi connectivity index (χ0v) is 8.62. The first-order valence-corrected chi connectivity index (χ1v) is 5.17. The zero-order valence-electron chi connectivity index (χ0n) is 8.62. The molecule has 0 bridgehead atoms. The van der Waals surface area contributed by atoms with Gasteiger partial charge in [-0.15, -0.1) is 0 Å². The van der Waals surface area contributed by atoms with Crippen molar-refractivity contribution in [2.45, 2.75) is 38.8 Å². The quantitative estimate of drug-likeness (QED) is 0.668. The molecule has 0 aromatic carbocycles. The third-order valence-corrected chi connectivity index (χ3v) is 2.43. The average molecular weight is 187 g/mol. The highest BCUT2D eigenvalue weighted by molar-refractivity contribution is 4.72. The van der Waals surface area contributed by atoms with Crippen molar-refractivity contribution in [1.29, 1.82) is 0 Å². The third kappa shape index (κ3) is 4.60. The van der Waals surface area contributed by atoms with Gasteiger partial charge in [-0.2, -0.15) is 0 Å². The summed E-state index contributed by atoms with van der Waals surface area (Å²) < 4.78 is 5.26. The SMILES string of the molecule is CC(O)CC(C)CNC1CCOC1. The average Bonchev–Trinajstić information content (AvgIpc) is 2.51. The summed E-state index contributed by atoms with van der Waals surface area (Å²) in [4.78, 5) is 0. The normalized spacial score (nSPS) is 27.5. The highest BCUT2D eigenvalue weighted by Crippen LogP contribution is 2.07. The molecule has 0 aliphatic carbocycles. The van der Waals surface area contributed by atoms with E-state index in [0.29, 0.717) is 12.0 Å². The van der Waals surface area contributed by atoms with Crippen LogP contribution in [0.25, 0.3) is 0 Å². The van der Waals surface area contributed by atoms with Gasteiger partial charge in [0.25, 0.3) is 0 Å². The van der Waals surface area contributed by atoms with Crippen LogP contribution in [0.3, 0.4) is 0 Å². The summed E-state index contributed by atoms with van der Waals surface area (Å²) in [5.41, 5.74) is 0. The molecule has 0 amide bonds. The van der Waals surface area contributed by atoms with Gasteiger partial charge in [0.05, 0.1) is 12.7 Å². The Labute approximate surface area is 80.5 Å². The van der Waals surface area contributed by atoms with Gasteiger partial charge >= 0.3 is 0 Å². The van der Waals surface area contributed by atoms with Crippen molar-refractivity contribution in [3.63, 3.8) is 0 Å². The molecule has 0 aromatic rings. The highest BCUT2D eigenvalue weighted by Gasteiger charge is 2.15. The van der Waals surface area contributed by atoms with Crippen LogP contribution < -0.4 is 5.32 Å². The monoisotopic (exact) mass is 187 g/mol. The highest BCUT2D eigenvalue weighted by atomic mass is 16.5. The van der Waals surface area contributed by atoms with E-state index in [-0.39, 0.29) is 6.10 Å². The number of hydrogen-bond donors (Lipinski definition) is 2. The van der Waals surface area contributed by atoms with Crippen LogP contribution in [0.2, 0.25) is 0 Å².